The summed E-state index contributed by atoms with van der Waals surface area (Å²) in [5, 5.41) is 6.76. The SMILES string of the molecule is CCc1cc(OC)ccc1Nc1cc(C(C(=O)Nc2c(CC)cccc2CC)c2ccc(N3CCN(C)CC3)cc2)ncn1. The highest BCUT2D eigenvalue weighted by molar-refractivity contribution is 5.99. The highest BCUT2D eigenvalue weighted by Gasteiger charge is 2.27. The number of carbonyl (C=O) groups excluding carboxylic acids is 1. The molecule has 8 nitrogen and oxygen atoms in total. The number of anilines is 4. The maximum atomic E-state index is 14.3. The van der Waals surface area contributed by atoms with Crippen molar-refractivity contribution in [1.29, 1.82) is 0 Å². The van der Waals surface area contributed by atoms with E-state index in [4.69, 9.17) is 4.74 Å². The lowest BCUT2D eigenvalue weighted by Gasteiger charge is -2.34. The third-order valence-corrected chi connectivity index (χ3v) is 8.54. The van der Waals surface area contributed by atoms with Crippen LogP contribution >= 0.6 is 0 Å². The van der Waals surface area contributed by atoms with Crippen LogP contribution in [0.4, 0.5) is 22.9 Å². The summed E-state index contributed by atoms with van der Waals surface area (Å²) in [6.45, 7) is 10.4. The van der Waals surface area contributed by atoms with Crippen molar-refractivity contribution in [2.75, 3.05) is 55.9 Å². The highest BCUT2D eigenvalue weighted by atomic mass is 16.5. The van der Waals surface area contributed by atoms with Crippen molar-refractivity contribution in [2.24, 2.45) is 0 Å². The first kappa shape index (κ1) is 31.0. The Morgan fingerprint density at radius 3 is 2.18 bits per heavy atom. The summed E-state index contributed by atoms with van der Waals surface area (Å²) < 4.78 is 5.42. The quantitative estimate of drug-likeness (QED) is 0.207. The second kappa shape index (κ2) is 14.4. The second-order valence-electron chi connectivity index (χ2n) is 11.3. The molecule has 1 unspecified atom stereocenters. The van der Waals surface area contributed by atoms with E-state index in [9.17, 15) is 4.79 Å². The van der Waals surface area contributed by atoms with Crippen LogP contribution in [0.5, 0.6) is 5.75 Å². The molecule has 0 aliphatic carbocycles. The van der Waals surface area contributed by atoms with Gasteiger partial charge >= 0.3 is 0 Å². The van der Waals surface area contributed by atoms with Crippen LogP contribution < -0.4 is 20.3 Å². The van der Waals surface area contributed by atoms with Crippen LogP contribution in [0.2, 0.25) is 0 Å². The monoisotopic (exact) mass is 592 g/mol. The maximum Gasteiger partial charge on any atom is 0.238 e. The number of hydrogen-bond acceptors (Lipinski definition) is 7. The molecule has 230 valence electrons. The van der Waals surface area contributed by atoms with Crippen molar-refractivity contribution in [2.45, 2.75) is 46.0 Å². The molecule has 1 aliphatic heterocycles. The van der Waals surface area contributed by atoms with Gasteiger partial charge in [-0.05, 0) is 78.9 Å². The molecular formula is C36H44N6O2. The third-order valence-electron chi connectivity index (χ3n) is 8.54. The third kappa shape index (κ3) is 7.03. The van der Waals surface area contributed by atoms with Crippen molar-refractivity contribution >= 4 is 28.8 Å². The number of benzene rings is 3. The molecule has 8 heteroatoms. The first-order valence-corrected chi connectivity index (χ1v) is 15.6. The Labute approximate surface area is 261 Å². The Morgan fingerprint density at radius 1 is 0.864 bits per heavy atom. The molecule has 3 aromatic carbocycles. The predicted octanol–water partition coefficient (Wildman–Crippen LogP) is 6.44. The molecule has 1 atom stereocenters. The van der Waals surface area contributed by atoms with Gasteiger partial charge in [-0.1, -0.05) is 51.1 Å². The number of ether oxygens (including phenoxy) is 1. The van der Waals surface area contributed by atoms with Crippen LogP contribution in [-0.2, 0) is 24.1 Å². The van der Waals surface area contributed by atoms with E-state index in [1.54, 1.807) is 7.11 Å². The van der Waals surface area contributed by atoms with Crippen molar-refractivity contribution < 1.29 is 9.53 Å². The van der Waals surface area contributed by atoms with Crippen LogP contribution in [-0.4, -0.2) is 61.1 Å². The van der Waals surface area contributed by atoms with Gasteiger partial charge in [0.1, 0.15) is 23.8 Å². The summed E-state index contributed by atoms with van der Waals surface area (Å²) in [5.41, 5.74) is 7.89. The number of amides is 1. The van der Waals surface area contributed by atoms with Crippen LogP contribution in [0, 0.1) is 0 Å². The van der Waals surface area contributed by atoms with E-state index in [0.29, 0.717) is 11.5 Å². The van der Waals surface area contributed by atoms with Gasteiger partial charge in [0.25, 0.3) is 0 Å². The number of methoxy groups -OCH3 is 1. The molecule has 0 radical (unpaired) electrons. The van der Waals surface area contributed by atoms with Crippen molar-refractivity contribution in [3.8, 4) is 5.75 Å². The molecule has 0 saturated carbocycles. The van der Waals surface area contributed by atoms with Gasteiger partial charge in [0, 0.05) is 49.3 Å². The largest absolute Gasteiger partial charge is 0.497 e. The maximum absolute atomic E-state index is 14.3. The van der Waals surface area contributed by atoms with Crippen LogP contribution in [0.25, 0.3) is 0 Å². The molecule has 1 fully saturated rings. The zero-order valence-electron chi connectivity index (χ0n) is 26.6. The van der Waals surface area contributed by atoms with E-state index in [-0.39, 0.29) is 5.91 Å². The fourth-order valence-electron chi connectivity index (χ4n) is 5.85. The number of carbonyl (C=O) groups is 1. The molecule has 1 amide bonds. The van der Waals surface area contributed by atoms with Crippen LogP contribution in [0.3, 0.4) is 0 Å². The van der Waals surface area contributed by atoms with E-state index in [0.717, 1.165) is 84.8 Å². The Morgan fingerprint density at radius 2 is 1.55 bits per heavy atom. The Kier molecular flexibility index (Phi) is 10.1. The lowest BCUT2D eigenvalue weighted by Crippen LogP contribution is -2.44. The molecule has 1 aliphatic rings. The van der Waals surface area contributed by atoms with E-state index >= 15 is 0 Å². The van der Waals surface area contributed by atoms with Gasteiger partial charge in [-0.2, -0.15) is 0 Å². The number of aryl methyl sites for hydroxylation is 3. The van der Waals surface area contributed by atoms with Crippen LogP contribution in [0.15, 0.2) is 73.1 Å². The molecule has 2 heterocycles. The minimum absolute atomic E-state index is 0.115. The van der Waals surface area contributed by atoms with Crippen molar-refractivity contribution in [3.05, 3.63) is 101 Å². The van der Waals surface area contributed by atoms with Gasteiger partial charge in [-0.25, -0.2) is 9.97 Å². The van der Waals surface area contributed by atoms with E-state index in [1.807, 2.05) is 24.3 Å². The molecule has 44 heavy (non-hydrogen) atoms. The average Bonchev–Trinajstić information content (AvgIpc) is 3.06. The Bertz CT molecular complexity index is 1540. The van der Waals surface area contributed by atoms with Gasteiger partial charge in [0.2, 0.25) is 5.91 Å². The fourth-order valence-corrected chi connectivity index (χ4v) is 5.85. The standard InChI is InChI=1S/C36H44N6O2/c1-6-25-10-9-11-26(7-2)35(25)40-36(43)34(28-12-14-29(15-13-28)42-20-18-41(4)19-21-42)32-23-33(38-24-37-32)39-31-17-16-30(44-5)22-27(31)8-3/h9-17,22-24,34H,6-8,18-21H2,1-5H3,(H,40,43)(H,37,38,39). The van der Waals surface area contributed by atoms with E-state index in [1.165, 1.54) is 12.0 Å². The van der Waals surface area contributed by atoms with Crippen molar-refractivity contribution in [1.82, 2.24) is 14.9 Å². The molecule has 1 saturated heterocycles. The zero-order chi connectivity index (χ0) is 31.1. The number of rotatable bonds is 11. The number of para-hydroxylation sites is 1. The first-order chi connectivity index (χ1) is 21.4. The lowest BCUT2D eigenvalue weighted by molar-refractivity contribution is -0.116. The second-order valence-corrected chi connectivity index (χ2v) is 11.3. The van der Waals surface area contributed by atoms with Gasteiger partial charge in [0.05, 0.1) is 12.8 Å². The topological polar surface area (TPSA) is 82.6 Å². The highest BCUT2D eigenvalue weighted by Crippen LogP contribution is 2.32. The number of piperazine rings is 1. The molecule has 2 N–H and O–H groups in total. The molecule has 0 bridgehead atoms. The summed E-state index contributed by atoms with van der Waals surface area (Å²) >= 11 is 0. The van der Waals surface area contributed by atoms with Crippen molar-refractivity contribution in [3.63, 3.8) is 0 Å². The smallest absolute Gasteiger partial charge is 0.238 e. The summed E-state index contributed by atoms with van der Waals surface area (Å²) in [4.78, 5) is 28.2. The van der Waals surface area contributed by atoms with Gasteiger partial charge < -0.3 is 25.2 Å². The molecule has 0 spiro atoms. The summed E-state index contributed by atoms with van der Waals surface area (Å²) in [7, 11) is 3.83. The minimum Gasteiger partial charge on any atom is -0.497 e. The number of hydrogen-bond donors (Lipinski definition) is 2. The van der Waals surface area contributed by atoms with Gasteiger partial charge in [0.15, 0.2) is 0 Å². The van der Waals surface area contributed by atoms with Gasteiger partial charge in [-0.15, -0.1) is 0 Å². The minimum atomic E-state index is -0.628. The number of nitrogens with zero attached hydrogens (tertiary/aromatic N) is 4. The number of likely N-dealkylation sites (N-methyl/N-ethyl adjacent to an activating group) is 1. The predicted molar refractivity (Wildman–Crippen MR) is 180 cm³/mol. The molecule has 5 rings (SSSR count). The zero-order valence-corrected chi connectivity index (χ0v) is 26.6. The fraction of sp³-hybridized carbons (Fsp3) is 0.361. The van der Waals surface area contributed by atoms with E-state index < -0.39 is 5.92 Å². The normalized spacial score (nSPS) is 14.2. The molecule has 4 aromatic rings. The Hall–Kier alpha value is -4.43. The molecular weight excluding hydrogens is 548 g/mol. The lowest BCUT2D eigenvalue weighted by atomic mass is 9.93. The molecule has 1 aromatic heterocycles. The van der Waals surface area contributed by atoms with E-state index in [2.05, 4.69) is 101 Å². The summed E-state index contributed by atoms with van der Waals surface area (Å²) in [6, 6.07) is 22.5. The number of aromatic nitrogens is 2. The first-order valence-electron chi connectivity index (χ1n) is 15.6. The Balaban J connectivity index is 1.50. The number of nitrogens with one attached hydrogen (secondary N) is 2. The summed E-state index contributed by atoms with van der Waals surface area (Å²) in [6.07, 6.45) is 4.02. The van der Waals surface area contributed by atoms with Gasteiger partial charge in [-0.3, -0.25) is 4.79 Å². The summed E-state index contributed by atoms with van der Waals surface area (Å²) in [5.74, 6) is 0.698. The van der Waals surface area contributed by atoms with Crippen LogP contribution in [0.1, 0.15) is 54.6 Å². The average molecular weight is 593 g/mol.